The molecule has 0 aliphatic carbocycles. The van der Waals surface area contributed by atoms with Gasteiger partial charge in [-0.1, -0.05) is 13.8 Å². The lowest BCUT2D eigenvalue weighted by atomic mass is 9.79. The molecule has 1 aromatic heterocycles. The highest BCUT2D eigenvalue weighted by molar-refractivity contribution is 7.99. The van der Waals surface area contributed by atoms with Gasteiger partial charge in [0.2, 0.25) is 0 Å². The number of aliphatic hydroxyl groups is 1. The van der Waals surface area contributed by atoms with E-state index in [1.54, 1.807) is 24.2 Å². The third-order valence-corrected chi connectivity index (χ3v) is 4.83. The lowest BCUT2D eigenvalue weighted by Crippen LogP contribution is -2.40. The molecule has 4 heteroatoms. The summed E-state index contributed by atoms with van der Waals surface area (Å²) in [5.74, 6) is 2.55. The van der Waals surface area contributed by atoms with Crippen LogP contribution in [0.25, 0.3) is 0 Å². The van der Waals surface area contributed by atoms with Gasteiger partial charge in [-0.15, -0.1) is 0 Å². The van der Waals surface area contributed by atoms with Crippen molar-refractivity contribution in [2.75, 3.05) is 18.1 Å². The summed E-state index contributed by atoms with van der Waals surface area (Å²) in [6.45, 7) is 6.96. The van der Waals surface area contributed by atoms with E-state index in [0.717, 1.165) is 29.2 Å². The van der Waals surface area contributed by atoms with E-state index in [4.69, 9.17) is 4.74 Å². The molecule has 2 heterocycles. The zero-order valence-electron chi connectivity index (χ0n) is 11.3. The highest BCUT2D eigenvalue weighted by Crippen LogP contribution is 2.44. The molecule has 1 fully saturated rings. The maximum absolute atomic E-state index is 10.9. The summed E-state index contributed by atoms with van der Waals surface area (Å²) >= 11 is 1.80. The van der Waals surface area contributed by atoms with Crippen LogP contribution >= 0.6 is 11.8 Å². The van der Waals surface area contributed by atoms with Crippen molar-refractivity contribution in [3.8, 4) is 5.75 Å². The number of rotatable bonds is 3. The lowest BCUT2D eigenvalue weighted by molar-refractivity contribution is 0.0151. The monoisotopic (exact) mass is 267 g/mol. The van der Waals surface area contributed by atoms with Crippen molar-refractivity contribution in [3.63, 3.8) is 0 Å². The quantitative estimate of drug-likeness (QED) is 0.914. The smallest absolute Gasteiger partial charge is 0.137 e. The zero-order valence-corrected chi connectivity index (χ0v) is 12.1. The number of aromatic nitrogens is 1. The average molecular weight is 267 g/mol. The third kappa shape index (κ3) is 2.98. The second-order valence-electron chi connectivity index (χ2n) is 5.71. The summed E-state index contributed by atoms with van der Waals surface area (Å²) < 4.78 is 5.45. The summed E-state index contributed by atoms with van der Waals surface area (Å²) in [7, 11) is 0. The number of nitrogens with zero attached hydrogens (tertiary/aromatic N) is 1. The highest BCUT2D eigenvalue weighted by Gasteiger charge is 2.40. The van der Waals surface area contributed by atoms with Gasteiger partial charge in [-0.2, -0.15) is 11.8 Å². The predicted octanol–water partition coefficient (Wildman–Crippen LogP) is 2.83. The first-order valence-electron chi connectivity index (χ1n) is 6.34. The Kier molecular flexibility index (Phi) is 3.87. The van der Waals surface area contributed by atoms with Crippen molar-refractivity contribution in [1.29, 1.82) is 0 Å². The molecule has 0 spiro atoms. The van der Waals surface area contributed by atoms with Gasteiger partial charge in [0.15, 0.2) is 0 Å². The molecule has 0 bridgehead atoms. The first-order valence-corrected chi connectivity index (χ1v) is 7.49. The molecule has 1 aliphatic heterocycles. The standard InChI is InChI=1S/C14H21NO2S/c1-4-17-12-5-11(6-15-7-12)14(16)8-13(2,3)9-18-10-14/h5-7,16H,4,8-10H2,1-3H3. The molecule has 18 heavy (non-hydrogen) atoms. The van der Waals surface area contributed by atoms with Gasteiger partial charge >= 0.3 is 0 Å². The Morgan fingerprint density at radius 3 is 2.83 bits per heavy atom. The van der Waals surface area contributed by atoms with Gasteiger partial charge in [0.1, 0.15) is 11.4 Å². The minimum atomic E-state index is -0.785. The molecule has 1 unspecified atom stereocenters. The highest BCUT2D eigenvalue weighted by atomic mass is 32.2. The maximum atomic E-state index is 10.9. The summed E-state index contributed by atoms with van der Waals surface area (Å²) in [6, 6.07) is 1.92. The van der Waals surface area contributed by atoms with Crippen LogP contribution in [0.4, 0.5) is 0 Å². The van der Waals surface area contributed by atoms with Crippen LogP contribution < -0.4 is 4.74 Å². The molecule has 1 atom stereocenters. The van der Waals surface area contributed by atoms with Crippen LogP contribution in [0.2, 0.25) is 0 Å². The molecule has 1 saturated heterocycles. The first kappa shape index (κ1) is 13.7. The number of thioether (sulfide) groups is 1. The Bertz CT molecular complexity index is 422. The molecule has 3 nitrogen and oxygen atoms in total. The molecule has 1 aromatic rings. The van der Waals surface area contributed by atoms with Crippen molar-refractivity contribution < 1.29 is 9.84 Å². The number of pyridine rings is 1. The molecule has 0 amide bonds. The van der Waals surface area contributed by atoms with E-state index in [2.05, 4.69) is 18.8 Å². The molecule has 100 valence electrons. The summed E-state index contributed by atoms with van der Waals surface area (Å²) in [4.78, 5) is 4.18. The Balaban J connectivity index is 2.26. The van der Waals surface area contributed by atoms with E-state index in [0.29, 0.717) is 6.61 Å². The molecule has 1 aliphatic rings. The van der Waals surface area contributed by atoms with E-state index < -0.39 is 5.60 Å². The second-order valence-corrected chi connectivity index (χ2v) is 6.69. The topological polar surface area (TPSA) is 42.4 Å². The fourth-order valence-electron chi connectivity index (χ4n) is 2.49. The van der Waals surface area contributed by atoms with Crippen LogP contribution in [-0.4, -0.2) is 28.2 Å². The fraction of sp³-hybridized carbons (Fsp3) is 0.643. The van der Waals surface area contributed by atoms with Crippen LogP contribution in [0.15, 0.2) is 18.5 Å². The molecule has 2 rings (SSSR count). The van der Waals surface area contributed by atoms with Gasteiger partial charge in [0.05, 0.1) is 12.8 Å². The van der Waals surface area contributed by atoms with E-state index in [-0.39, 0.29) is 5.41 Å². The first-order chi connectivity index (χ1) is 8.45. The van der Waals surface area contributed by atoms with Gasteiger partial charge < -0.3 is 9.84 Å². The third-order valence-electron chi connectivity index (χ3n) is 3.17. The molecular formula is C14H21NO2S. The SMILES string of the molecule is CCOc1cncc(C2(O)CSCC(C)(C)C2)c1. The zero-order chi connectivity index (χ0) is 13.2. The van der Waals surface area contributed by atoms with E-state index in [1.807, 2.05) is 13.0 Å². The fourth-order valence-corrected chi connectivity index (χ4v) is 3.86. The van der Waals surface area contributed by atoms with Gasteiger partial charge in [-0.3, -0.25) is 4.98 Å². The van der Waals surface area contributed by atoms with Crippen molar-refractivity contribution in [2.45, 2.75) is 32.8 Å². The van der Waals surface area contributed by atoms with E-state index in [9.17, 15) is 5.11 Å². The van der Waals surface area contributed by atoms with Crippen LogP contribution in [-0.2, 0) is 5.60 Å². The van der Waals surface area contributed by atoms with E-state index >= 15 is 0 Å². The Hall–Kier alpha value is -0.740. The van der Waals surface area contributed by atoms with Gasteiger partial charge in [-0.25, -0.2) is 0 Å². The maximum Gasteiger partial charge on any atom is 0.137 e. The Labute approximate surface area is 113 Å². The van der Waals surface area contributed by atoms with Crippen LogP contribution in [0.3, 0.4) is 0 Å². The van der Waals surface area contributed by atoms with Gasteiger partial charge in [0.25, 0.3) is 0 Å². The predicted molar refractivity (Wildman–Crippen MR) is 75.0 cm³/mol. The number of hydrogen-bond donors (Lipinski definition) is 1. The molecule has 1 N–H and O–H groups in total. The average Bonchev–Trinajstić information content (AvgIpc) is 2.28. The Morgan fingerprint density at radius 2 is 2.17 bits per heavy atom. The summed E-state index contributed by atoms with van der Waals surface area (Å²) in [5, 5.41) is 10.9. The molecule has 0 aromatic carbocycles. The minimum Gasteiger partial charge on any atom is -0.492 e. The normalized spacial score (nSPS) is 26.9. The van der Waals surface area contributed by atoms with Gasteiger partial charge in [0, 0.05) is 17.5 Å². The minimum absolute atomic E-state index is 0.152. The molecule has 0 saturated carbocycles. The van der Waals surface area contributed by atoms with Gasteiger partial charge in [-0.05, 0) is 30.6 Å². The van der Waals surface area contributed by atoms with Crippen molar-refractivity contribution >= 4 is 11.8 Å². The molecular weight excluding hydrogens is 246 g/mol. The van der Waals surface area contributed by atoms with Crippen molar-refractivity contribution in [1.82, 2.24) is 4.98 Å². The molecule has 0 radical (unpaired) electrons. The number of hydrogen-bond acceptors (Lipinski definition) is 4. The number of ether oxygens (including phenoxy) is 1. The van der Waals surface area contributed by atoms with Crippen LogP contribution in [0.1, 0.15) is 32.8 Å². The largest absolute Gasteiger partial charge is 0.492 e. The second kappa shape index (κ2) is 5.10. The van der Waals surface area contributed by atoms with Crippen LogP contribution in [0, 0.1) is 5.41 Å². The van der Waals surface area contributed by atoms with E-state index in [1.165, 1.54) is 0 Å². The Morgan fingerprint density at radius 1 is 1.39 bits per heavy atom. The lowest BCUT2D eigenvalue weighted by Gasteiger charge is -2.41. The summed E-state index contributed by atoms with van der Waals surface area (Å²) in [6.07, 6.45) is 4.21. The summed E-state index contributed by atoms with van der Waals surface area (Å²) in [5.41, 5.74) is 0.236. The van der Waals surface area contributed by atoms with Crippen molar-refractivity contribution in [2.24, 2.45) is 5.41 Å². The van der Waals surface area contributed by atoms with Crippen molar-refractivity contribution in [3.05, 3.63) is 24.0 Å². The van der Waals surface area contributed by atoms with Crippen LogP contribution in [0.5, 0.6) is 5.75 Å².